The van der Waals surface area contributed by atoms with Crippen molar-refractivity contribution in [3.63, 3.8) is 0 Å². The number of aryl methyl sites for hydroxylation is 2. The Morgan fingerprint density at radius 2 is 1.48 bits per heavy atom. The summed E-state index contributed by atoms with van der Waals surface area (Å²) in [6, 6.07) is 17.7. The van der Waals surface area contributed by atoms with Gasteiger partial charge in [0.1, 0.15) is 0 Å². The molecule has 0 radical (unpaired) electrons. The van der Waals surface area contributed by atoms with E-state index in [9.17, 15) is 14.4 Å². The van der Waals surface area contributed by atoms with E-state index in [1.54, 1.807) is 6.92 Å². The van der Waals surface area contributed by atoms with Crippen molar-refractivity contribution >= 4 is 17.8 Å². The minimum absolute atomic E-state index is 0.0578. The largest absolute Gasteiger partial charge is 0.354 e. The molecule has 31 heavy (non-hydrogen) atoms. The summed E-state index contributed by atoms with van der Waals surface area (Å²) in [7, 11) is 0. The third kappa shape index (κ3) is 9.91. The minimum atomic E-state index is -0.642. The van der Waals surface area contributed by atoms with Crippen molar-refractivity contribution in [1.82, 2.24) is 10.8 Å². The van der Waals surface area contributed by atoms with Gasteiger partial charge in [-0.25, -0.2) is 4.79 Å². The highest BCUT2D eigenvalue weighted by atomic mass is 16.7. The summed E-state index contributed by atoms with van der Waals surface area (Å²) in [4.78, 5) is 39.6. The zero-order valence-corrected chi connectivity index (χ0v) is 17.9. The lowest BCUT2D eigenvalue weighted by Gasteiger charge is -2.08. The van der Waals surface area contributed by atoms with Crippen molar-refractivity contribution in [2.75, 3.05) is 6.54 Å². The molecule has 166 valence electrons. The molecule has 7 nitrogen and oxygen atoms in total. The molecule has 0 fully saturated rings. The van der Waals surface area contributed by atoms with Crippen LogP contribution in [0, 0.1) is 0 Å². The molecule has 0 saturated carbocycles. The second-order valence-corrected chi connectivity index (χ2v) is 7.51. The molecular formula is C24H31N3O4. The van der Waals surface area contributed by atoms with Gasteiger partial charge < -0.3 is 15.9 Å². The number of hydroxylamine groups is 1. The van der Waals surface area contributed by atoms with Crippen molar-refractivity contribution in [2.45, 2.75) is 51.5 Å². The summed E-state index contributed by atoms with van der Waals surface area (Å²) >= 11 is 0. The molecule has 0 aliphatic heterocycles. The molecule has 2 aromatic rings. The fraction of sp³-hybridized carbons (Fsp3) is 0.375. The molecule has 0 unspecified atom stereocenters. The van der Waals surface area contributed by atoms with E-state index in [0.717, 1.165) is 31.2 Å². The molecule has 2 rings (SSSR count). The lowest BCUT2D eigenvalue weighted by molar-refractivity contribution is -0.158. The Labute approximate surface area is 183 Å². The van der Waals surface area contributed by atoms with Gasteiger partial charge in [-0.1, -0.05) is 54.6 Å². The third-order valence-electron chi connectivity index (χ3n) is 4.73. The molecule has 0 aliphatic rings. The van der Waals surface area contributed by atoms with Crippen LogP contribution in [0.25, 0.3) is 0 Å². The van der Waals surface area contributed by atoms with Gasteiger partial charge in [0, 0.05) is 6.54 Å². The number of unbranched alkanes of at least 4 members (excludes halogenated alkanes) is 1. The predicted molar refractivity (Wildman–Crippen MR) is 119 cm³/mol. The first-order chi connectivity index (χ1) is 14.9. The van der Waals surface area contributed by atoms with Crippen molar-refractivity contribution in [2.24, 2.45) is 5.73 Å². The molecule has 2 amide bonds. The number of nitrogens with two attached hydrogens (primary N) is 1. The molecule has 2 aromatic carbocycles. The molecule has 7 heteroatoms. The standard InChI is InChI=1S/C24H31N3O4/c1-18(25)24(30)26-16-15-23(29)31-27-22(28)17-21-13-11-20(12-14-21)10-6-5-9-19-7-3-2-4-8-19/h2-4,7-8,11-14,18H,5-6,9-10,15-17,25H2,1H3,(H,26,30)(H,27,28)/t18-/m0/s1. The molecule has 0 heterocycles. The maximum absolute atomic E-state index is 11.9. The average Bonchev–Trinajstić information content (AvgIpc) is 2.77. The monoisotopic (exact) mass is 425 g/mol. The molecule has 4 N–H and O–H groups in total. The van der Waals surface area contributed by atoms with Crippen LogP contribution in [0.15, 0.2) is 54.6 Å². The Balaban J connectivity index is 1.61. The number of carbonyl (C=O) groups excluding carboxylic acids is 3. The van der Waals surface area contributed by atoms with E-state index in [2.05, 4.69) is 35.1 Å². The average molecular weight is 426 g/mol. The highest BCUT2D eigenvalue weighted by Crippen LogP contribution is 2.11. The van der Waals surface area contributed by atoms with Gasteiger partial charge in [-0.3, -0.25) is 9.59 Å². The smallest absolute Gasteiger partial charge is 0.334 e. The highest BCUT2D eigenvalue weighted by molar-refractivity contribution is 5.82. The number of hydrogen-bond acceptors (Lipinski definition) is 5. The van der Waals surface area contributed by atoms with E-state index in [1.165, 1.54) is 11.1 Å². The van der Waals surface area contributed by atoms with E-state index in [0.29, 0.717) is 0 Å². The number of hydrogen-bond donors (Lipinski definition) is 3. The second-order valence-electron chi connectivity index (χ2n) is 7.51. The van der Waals surface area contributed by atoms with Crippen LogP contribution in [0.1, 0.15) is 42.9 Å². The predicted octanol–water partition coefficient (Wildman–Crippen LogP) is 2.22. The highest BCUT2D eigenvalue weighted by Gasteiger charge is 2.10. The zero-order chi connectivity index (χ0) is 22.5. The molecular weight excluding hydrogens is 394 g/mol. The van der Waals surface area contributed by atoms with Crippen LogP contribution in [0.2, 0.25) is 0 Å². The van der Waals surface area contributed by atoms with E-state index in [-0.39, 0.29) is 25.3 Å². The van der Waals surface area contributed by atoms with E-state index >= 15 is 0 Å². The van der Waals surface area contributed by atoms with E-state index in [4.69, 9.17) is 10.6 Å². The second kappa shape index (κ2) is 13.2. The van der Waals surface area contributed by atoms with Crippen molar-refractivity contribution in [3.05, 3.63) is 71.3 Å². The fourth-order valence-electron chi connectivity index (χ4n) is 2.96. The summed E-state index contributed by atoms with van der Waals surface area (Å²) in [6.45, 7) is 1.65. The van der Waals surface area contributed by atoms with Gasteiger partial charge in [0.05, 0.1) is 18.9 Å². The van der Waals surface area contributed by atoms with Gasteiger partial charge in [0.15, 0.2) is 0 Å². The summed E-state index contributed by atoms with van der Waals surface area (Å²) in [6.07, 6.45) is 4.37. The van der Waals surface area contributed by atoms with Crippen molar-refractivity contribution < 1.29 is 19.2 Å². The Kier molecular flexibility index (Phi) is 10.2. The van der Waals surface area contributed by atoms with Gasteiger partial charge in [-0.2, -0.15) is 5.48 Å². The van der Waals surface area contributed by atoms with Gasteiger partial charge in [0.2, 0.25) is 5.91 Å². The lowest BCUT2D eigenvalue weighted by atomic mass is 10.0. The van der Waals surface area contributed by atoms with Gasteiger partial charge >= 0.3 is 5.97 Å². The van der Waals surface area contributed by atoms with E-state index < -0.39 is 17.9 Å². The van der Waals surface area contributed by atoms with Gasteiger partial charge in [0.25, 0.3) is 5.91 Å². The molecule has 0 saturated heterocycles. The topological polar surface area (TPSA) is 111 Å². The Morgan fingerprint density at radius 3 is 2.10 bits per heavy atom. The number of nitrogens with one attached hydrogen (secondary N) is 2. The summed E-state index contributed by atoms with van der Waals surface area (Å²) in [5.74, 6) is -1.40. The quantitative estimate of drug-likeness (QED) is 0.378. The molecule has 0 aromatic heterocycles. The molecule has 1 atom stereocenters. The maximum atomic E-state index is 11.9. The van der Waals surface area contributed by atoms with Crippen LogP contribution in [0.5, 0.6) is 0 Å². The van der Waals surface area contributed by atoms with Crippen molar-refractivity contribution in [3.8, 4) is 0 Å². The SMILES string of the molecule is C[C@H](N)C(=O)NCCC(=O)ONC(=O)Cc1ccc(CCCCc2ccccc2)cc1. The Morgan fingerprint density at radius 1 is 0.903 bits per heavy atom. The van der Waals surface area contributed by atoms with Crippen LogP contribution >= 0.6 is 0 Å². The summed E-state index contributed by atoms with van der Waals surface area (Å²) in [5, 5.41) is 2.49. The van der Waals surface area contributed by atoms with Crippen LogP contribution in [0.4, 0.5) is 0 Å². The first kappa shape index (κ1) is 24.1. The maximum Gasteiger partial charge on any atom is 0.334 e. The van der Waals surface area contributed by atoms with Gasteiger partial charge in [-0.15, -0.1) is 0 Å². The van der Waals surface area contributed by atoms with E-state index in [1.807, 2.05) is 30.3 Å². The fourth-order valence-corrected chi connectivity index (χ4v) is 2.96. The number of carbonyl (C=O) groups is 3. The van der Waals surface area contributed by atoms with Crippen LogP contribution in [-0.2, 0) is 38.5 Å². The first-order valence-electron chi connectivity index (χ1n) is 10.6. The third-order valence-corrected chi connectivity index (χ3v) is 4.73. The van der Waals surface area contributed by atoms with Gasteiger partial charge in [-0.05, 0) is 49.3 Å². The number of rotatable bonds is 11. The number of benzene rings is 2. The Bertz CT molecular complexity index is 836. The molecule has 0 bridgehead atoms. The summed E-state index contributed by atoms with van der Waals surface area (Å²) < 4.78 is 0. The van der Waals surface area contributed by atoms with Crippen LogP contribution in [-0.4, -0.2) is 30.4 Å². The molecule has 0 aliphatic carbocycles. The van der Waals surface area contributed by atoms with Crippen LogP contribution < -0.4 is 16.5 Å². The summed E-state index contributed by atoms with van der Waals surface area (Å²) in [5.41, 5.74) is 11.0. The van der Waals surface area contributed by atoms with Crippen molar-refractivity contribution in [1.29, 1.82) is 0 Å². The minimum Gasteiger partial charge on any atom is -0.354 e. The molecule has 0 spiro atoms. The normalized spacial score (nSPS) is 11.4. The zero-order valence-electron chi connectivity index (χ0n) is 17.9. The Hall–Kier alpha value is -3.19. The number of amides is 2. The first-order valence-corrected chi connectivity index (χ1v) is 10.6. The van der Waals surface area contributed by atoms with Crippen LogP contribution in [0.3, 0.4) is 0 Å². The lowest BCUT2D eigenvalue weighted by Crippen LogP contribution is -2.39.